The van der Waals surface area contributed by atoms with Crippen molar-refractivity contribution in [3.05, 3.63) is 35.1 Å². The number of hydrogen-bond acceptors (Lipinski definition) is 5. The summed E-state index contributed by atoms with van der Waals surface area (Å²) in [6.45, 7) is 14.3. The van der Waals surface area contributed by atoms with Crippen LogP contribution >= 0.6 is 11.6 Å². The van der Waals surface area contributed by atoms with E-state index in [9.17, 15) is 14.7 Å². The Bertz CT molecular complexity index is 518. The summed E-state index contributed by atoms with van der Waals surface area (Å²) in [7, 11) is 1.20. The number of nitrogens with one attached hydrogen (secondary N) is 1. The number of hydrogen-bond donors (Lipinski definition) is 2. The van der Waals surface area contributed by atoms with Crippen LogP contribution < -0.4 is 5.32 Å². The maximum absolute atomic E-state index is 11.9. The first-order valence-corrected chi connectivity index (χ1v) is 8.36. The molecule has 0 aliphatic carbocycles. The Morgan fingerprint density at radius 2 is 1.84 bits per heavy atom. The molecule has 1 amide bonds. The van der Waals surface area contributed by atoms with Gasteiger partial charge in [0.1, 0.15) is 17.4 Å². The number of rotatable bonds is 6. The molecule has 1 atom stereocenters. The molecule has 0 bridgehead atoms. The second kappa shape index (κ2) is 12.4. The summed E-state index contributed by atoms with van der Waals surface area (Å²) < 4.78 is 9.78. The van der Waals surface area contributed by atoms with Crippen molar-refractivity contribution in [2.75, 3.05) is 7.11 Å². The lowest BCUT2D eigenvalue weighted by Gasteiger charge is -2.23. The number of aliphatic hydroxyl groups excluding tert-OH is 1. The molecule has 7 heteroatoms. The Morgan fingerprint density at radius 3 is 2.20 bits per heavy atom. The molecule has 0 aliphatic rings. The summed E-state index contributed by atoms with van der Waals surface area (Å²) in [5.74, 6) is -0.935. The fourth-order valence-electron chi connectivity index (χ4n) is 1.62. The van der Waals surface area contributed by atoms with Gasteiger partial charge in [-0.25, -0.2) is 9.59 Å². The molecule has 144 valence electrons. The fraction of sp³-hybridized carbons (Fsp3) is 0.556. The molecule has 0 heterocycles. The first kappa shape index (κ1) is 25.3. The number of aliphatic hydroxyl groups is 1. The molecule has 0 spiro atoms. The number of esters is 1. The van der Waals surface area contributed by atoms with E-state index in [0.29, 0.717) is 5.57 Å². The van der Waals surface area contributed by atoms with E-state index in [1.165, 1.54) is 7.11 Å². The highest BCUT2D eigenvalue weighted by Gasteiger charge is 2.26. The van der Waals surface area contributed by atoms with Crippen LogP contribution in [0.4, 0.5) is 4.79 Å². The number of methoxy groups -OCH3 is 1. The van der Waals surface area contributed by atoms with Crippen LogP contribution in [-0.4, -0.2) is 35.9 Å². The molecule has 0 fully saturated rings. The second-order valence-electron chi connectivity index (χ2n) is 5.70. The van der Waals surface area contributed by atoms with Crippen LogP contribution in [0.5, 0.6) is 0 Å². The lowest BCUT2D eigenvalue weighted by atomic mass is 10.0. The van der Waals surface area contributed by atoms with E-state index < -0.39 is 23.7 Å². The highest BCUT2D eigenvalue weighted by Crippen LogP contribution is 2.20. The third-order valence-electron chi connectivity index (χ3n) is 2.53. The second-order valence-corrected chi connectivity index (χ2v) is 6.16. The fourth-order valence-corrected chi connectivity index (χ4v) is 1.75. The highest BCUT2D eigenvalue weighted by atomic mass is 35.5. The number of amides is 1. The highest BCUT2D eigenvalue weighted by molar-refractivity contribution is 6.31. The standard InChI is InChI=1S/C16H24ClNO5.C2H6/c1-7-8-11(13(19)10(2)17)9-12(14(20)22-6)18-15(21)23-16(3,4)5;1-2/h7-8,12,19H,2,9H2,1,3-6H3,(H,18,21);1-2H3/b8-7-,13-11-;. The minimum atomic E-state index is -1.04. The molecule has 6 nitrogen and oxygen atoms in total. The summed E-state index contributed by atoms with van der Waals surface area (Å²) in [5.41, 5.74) is -0.377. The third-order valence-corrected chi connectivity index (χ3v) is 2.71. The number of carbonyl (C=O) groups excluding carboxylic acids is 2. The van der Waals surface area contributed by atoms with Gasteiger partial charge in [-0.05, 0) is 33.3 Å². The van der Waals surface area contributed by atoms with Gasteiger partial charge in [-0.2, -0.15) is 0 Å². The molecule has 1 unspecified atom stereocenters. The minimum absolute atomic E-state index is 0.0339. The monoisotopic (exact) mass is 375 g/mol. The van der Waals surface area contributed by atoms with Crippen LogP contribution in [0.3, 0.4) is 0 Å². The van der Waals surface area contributed by atoms with Crippen LogP contribution in [0.15, 0.2) is 35.1 Å². The average Bonchev–Trinajstić information content (AvgIpc) is 2.52. The molecule has 0 aromatic heterocycles. The van der Waals surface area contributed by atoms with Crippen LogP contribution in [0.2, 0.25) is 0 Å². The summed E-state index contributed by atoms with van der Waals surface area (Å²) >= 11 is 5.68. The van der Waals surface area contributed by atoms with Gasteiger partial charge >= 0.3 is 12.1 Å². The van der Waals surface area contributed by atoms with Gasteiger partial charge in [-0.1, -0.05) is 44.2 Å². The third kappa shape index (κ3) is 11.3. The molecule has 0 aromatic carbocycles. The lowest BCUT2D eigenvalue weighted by molar-refractivity contribution is -0.143. The molecule has 0 saturated heterocycles. The summed E-state index contributed by atoms with van der Waals surface area (Å²) in [4.78, 5) is 23.7. The predicted molar refractivity (Wildman–Crippen MR) is 101 cm³/mol. The van der Waals surface area contributed by atoms with Crippen LogP contribution in [-0.2, 0) is 14.3 Å². The molecular formula is C18H30ClNO5. The zero-order valence-electron chi connectivity index (χ0n) is 16.1. The van der Waals surface area contributed by atoms with Crippen molar-refractivity contribution >= 4 is 23.7 Å². The van der Waals surface area contributed by atoms with Crippen molar-refractivity contribution in [3.63, 3.8) is 0 Å². The van der Waals surface area contributed by atoms with Crippen molar-refractivity contribution in [1.82, 2.24) is 5.32 Å². The largest absolute Gasteiger partial charge is 0.506 e. The summed E-state index contributed by atoms with van der Waals surface area (Å²) in [6.07, 6.45) is 2.42. The van der Waals surface area contributed by atoms with E-state index in [1.807, 2.05) is 13.8 Å². The van der Waals surface area contributed by atoms with Crippen molar-refractivity contribution in [2.45, 2.75) is 59.6 Å². The number of halogens is 1. The quantitative estimate of drug-likeness (QED) is 0.402. The maximum atomic E-state index is 11.9. The summed E-state index contributed by atoms with van der Waals surface area (Å²) in [5, 5.41) is 12.3. The van der Waals surface area contributed by atoms with Gasteiger partial charge in [-0.15, -0.1) is 0 Å². The Balaban J connectivity index is 0. The van der Waals surface area contributed by atoms with Gasteiger partial charge < -0.3 is 19.9 Å². The van der Waals surface area contributed by atoms with Crippen LogP contribution in [0, 0.1) is 0 Å². The molecule has 0 aliphatic heterocycles. The Kier molecular flexibility index (Phi) is 12.6. The predicted octanol–water partition coefficient (Wildman–Crippen LogP) is 4.61. The number of carbonyl (C=O) groups is 2. The van der Waals surface area contributed by atoms with Gasteiger partial charge in [0, 0.05) is 6.42 Å². The molecule has 2 N–H and O–H groups in total. The smallest absolute Gasteiger partial charge is 0.408 e. The maximum Gasteiger partial charge on any atom is 0.408 e. The first-order chi connectivity index (χ1) is 11.5. The van der Waals surface area contributed by atoms with Crippen molar-refractivity contribution in [3.8, 4) is 0 Å². The number of alkyl carbamates (subject to hydrolysis) is 1. The van der Waals surface area contributed by atoms with Gasteiger partial charge in [0.25, 0.3) is 0 Å². The van der Waals surface area contributed by atoms with E-state index >= 15 is 0 Å². The Hall–Kier alpha value is -1.95. The van der Waals surface area contributed by atoms with Gasteiger partial charge in [-0.3, -0.25) is 0 Å². The van der Waals surface area contributed by atoms with E-state index in [2.05, 4.69) is 16.6 Å². The molecule has 0 saturated carbocycles. The zero-order valence-corrected chi connectivity index (χ0v) is 16.9. The van der Waals surface area contributed by atoms with Crippen molar-refractivity contribution in [1.29, 1.82) is 0 Å². The minimum Gasteiger partial charge on any atom is -0.506 e. The topological polar surface area (TPSA) is 84.9 Å². The van der Waals surface area contributed by atoms with Gasteiger partial charge in [0.15, 0.2) is 0 Å². The van der Waals surface area contributed by atoms with Crippen molar-refractivity contribution in [2.24, 2.45) is 0 Å². The summed E-state index contributed by atoms with van der Waals surface area (Å²) in [6, 6.07) is -1.04. The van der Waals surface area contributed by atoms with Crippen LogP contribution in [0.25, 0.3) is 0 Å². The van der Waals surface area contributed by atoms with E-state index in [0.717, 1.165) is 0 Å². The van der Waals surface area contributed by atoms with E-state index in [1.54, 1.807) is 39.8 Å². The van der Waals surface area contributed by atoms with E-state index in [-0.39, 0.29) is 17.2 Å². The Morgan fingerprint density at radius 1 is 1.32 bits per heavy atom. The zero-order chi connectivity index (χ0) is 20.2. The SMILES string of the molecule is C=C(Cl)/C(O)=C(\C=C/C)CC(NC(=O)OC(C)(C)C)C(=O)OC.CC. The molecule has 0 radical (unpaired) electrons. The van der Waals surface area contributed by atoms with Gasteiger partial charge in [0.05, 0.1) is 12.1 Å². The Labute approximate surface area is 155 Å². The molecular weight excluding hydrogens is 346 g/mol. The van der Waals surface area contributed by atoms with Crippen LogP contribution in [0.1, 0.15) is 48.0 Å². The van der Waals surface area contributed by atoms with E-state index in [4.69, 9.17) is 16.3 Å². The average molecular weight is 376 g/mol. The lowest BCUT2D eigenvalue weighted by Crippen LogP contribution is -2.44. The first-order valence-electron chi connectivity index (χ1n) is 7.98. The van der Waals surface area contributed by atoms with Gasteiger partial charge in [0.2, 0.25) is 0 Å². The molecule has 0 rings (SSSR count). The van der Waals surface area contributed by atoms with Crippen molar-refractivity contribution < 1.29 is 24.2 Å². The number of allylic oxidation sites excluding steroid dienone is 3. The normalized spacial score (nSPS) is 13.1. The molecule has 0 aromatic rings. The number of ether oxygens (including phenoxy) is 2. The molecule has 25 heavy (non-hydrogen) atoms.